The van der Waals surface area contributed by atoms with Gasteiger partial charge >= 0.3 is 0 Å². The molecule has 2 atom stereocenters. The predicted octanol–water partition coefficient (Wildman–Crippen LogP) is 0.763. The summed E-state index contributed by atoms with van der Waals surface area (Å²) in [5, 5.41) is 0. The second-order valence-corrected chi connectivity index (χ2v) is 4.02. The first kappa shape index (κ1) is 8.17. The summed E-state index contributed by atoms with van der Waals surface area (Å²) in [5.41, 5.74) is 1.02. The summed E-state index contributed by atoms with van der Waals surface area (Å²) in [6.07, 6.45) is 3.86. The first-order valence-corrected chi connectivity index (χ1v) is 5.01. The van der Waals surface area contributed by atoms with E-state index in [1.165, 1.54) is 6.42 Å². The number of nitrogens with zero attached hydrogens (tertiary/aromatic N) is 3. The van der Waals surface area contributed by atoms with Crippen LogP contribution in [0.3, 0.4) is 0 Å². The summed E-state index contributed by atoms with van der Waals surface area (Å²) in [6, 6.07) is 1.92. The first-order valence-electron chi connectivity index (χ1n) is 5.01. The van der Waals surface area contributed by atoms with Crippen LogP contribution in [-0.4, -0.2) is 35.3 Å². The van der Waals surface area contributed by atoms with Gasteiger partial charge in [-0.05, 0) is 13.0 Å². The molecule has 4 heterocycles. The second-order valence-electron chi connectivity index (χ2n) is 4.02. The molecule has 74 valence electrons. The van der Waals surface area contributed by atoms with Crippen molar-refractivity contribution in [2.24, 2.45) is 0 Å². The molecule has 1 aromatic rings. The van der Waals surface area contributed by atoms with Gasteiger partial charge in [-0.1, -0.05) is 0 Å². The second kappa shape index (κ2) is 2.92. The molecular formula is C10H13N3O. The fraction of sp³-hybridized carbons (Fsp3) is 0.600. The maximum Gasteiger partial charge on any atom is 0.225 e. The molecule has 4 heteroatoms. The van der Waals surface area contributed by atoms with Crippen LogP contribution in [0.1, 0.15) is 12.1 Å². The topological polar surface area (TPSA) is 38.2 Å². The van der Waals surface area contributed by atoms with Crippen LogP contribution in [0.15, 0.2) is 12.3 Å². The lowest BCUT2D eigenvalue weighted by Gasteiger charge is -2.46. The van der Waals surface area contributed by atoms with Crippen molar-refractivity contribution in [3.8, 4) is 0 Å². The van der Waals surface area contributed by atoms with Gasteiger partial charge in [0.25, 0.3) is 0 Å². The third-order valence-electron chi connectivity index (χ3n) is 2.82. The Morgan fingerprint density at radius 1 is 1.43 bits per heavy atom. The largest absolute Gasteiger partial charge is 0.371 e. The summed E-state index contributed by atoms with van der Waals surface area (Å²) in [6.45, 7) is 3.88. The van der Waals surface area contributed by atoms with Crippen molar-refractivity contribution in [3.63, 3.8) is 0 Å². The minimum atomic E-state index is 0.415. The van der Waals surface area contributed by atoms with Gasteiger partial charge in [-0.2, -0.15) is 0 Å². The molecule has 0 saturated carbocycles. The molecule has 4 nitrogen and oxygen atoms in total. The molecule has 3 saturated heterocycles. The van der Waals surface area contributed by atoms with E-state index in [9.17, 15) is 0 Å². The zero-order valence-corrected chi connectivity index (χ0v) is 8.18. The lowest BCUT2D eigenvalue weighted by molar-refractivity contribution is -0.133. The van der Waals surface area contributed by atoms with E-state index < -0.39 is 0 Å². The van der Waals surface area contributed by atoms with Gasteiger partial charge in [0.2, 0.25) is 5.95 Å². The Bertz CT molecular complexity index is 339. The van der Waals surface area contributed by atoms with E-state index >= 15 is 0 Å². The molecule has 0 amide bonds. The van der Waals surface area contributed by atoms with Gasteiger partial charge in [0.15, 0.2) is 0 Å². The van der Waals surface area contributed by atoms with E-state index in [0.29, 0.717) is 12.2 Å². The lowest BCUT2D eigenvalue weighted by atomic mass is 9.99. The average molecular weight is 191 g/mol. The van der Waals surface area contributed by atoms with Crippen LogP contribution in [0.25, 0.3) is 0 Å². The van der Waals surface area contributed by atoms with Crippen LogP contribution < -0.4 is 4.90 Å². The quantitative estimate of drug-likeness (QED) is 0.657. The Morgan fingerprint density at radius 2 is 2.14 bits per heavy atom. The Kier molecular flexibility index (Phi) is 1.70. The molecule has 3 aliphatic heterocycles. The average Bonchev–Trinajstić information content (AvgIpc) is 2.17. The minimum absolute atomic E-state index is 0.415. The molecule has 1 aromatic heterocycles. The number of anilines is 1. The number of morpholine rings is 1. The van der Waals surface area contributed by atoms with E-state index in [0.717, 1.165) is 24.7 Å². The Morgan fingerprint density at radius 3 is 2.79 bits per heavy atom. The summed E-state index contributed by atoms with van der Waals surface area (Å²) < 4.78 is 5.56. The summed E-state index contributed by atoms with van der Waals surface area (Å²) in [5.74, 6) is 0.850. The standard InChI is InChI=1S/C10H13N3O/c1-7-2-3-11-10(12-7)13-5-8-4-9(6-13)14-8/h2-3,8-9H,4-6H2,1H3. The number of rotatable bonds is 1. The SMILES string of the molecule is Cc1ccnc(N2CC3CC(C2)O3)n1. The highest BCUT2D eigenvalue weighted by atomic mass is 16.5. The van der Waals surface area contributed by atoms with Crippen LogP contribution in [0.2, 0.25) is 0 Å². The van der Waals surface area contributed by atoms with Gasteiger partial charge in [-0.25, -0.2) is 9.97 Å². The van der Waals surface area contributed by atoms with Crippen LogP contribution >= 0.6 is 0 Å². The van der Waals surface area contributed by atoms with Gasteiger partial charge in [0.05, 0.1) is 12.2 Å². The number of fused-ring (bicyclic) bond motifs is 2. The smallest absolute Gasteiger partial charge is 0.225 e. The zero-order chi connectivity index (χ0) is 9.54. The first-order chi connectivity index (χ1) is 6.81. The Balaban J connectivity index is 1.82. The molecule has 4 rings (SSSR count). The highest BCUT2D eigenvalue weighted by Crippen LogP contribution is 2.29. The van der Waals surface area contributed by atoms with Gasteiger partial charge in [-0.3, -0.25) is 0 Å². The third kappa shape index (κ3) is 1.26. The van der Waals surface area contributed by atoms with Crippen molar-refractivity contribution in [1.82, 2.24) is 9.97 Å². The fourth-order valence-electron chi connectivity index (χ4n) is 2.11. The van der Waals surface area contributed by atoms with E-state index in [-0.39, 0.29) is 0 Å². The molecule has 0 aliphatic carbocycles. The summed E-state index contributed by atoms with van der Waals surface area (Å²) >= 11 is 0. The van der Waals surface area contributed by atoms with Crippen LogP contribution in [0, 0.1) is 6.92 Å². The fourth-order valence-corrected chi connectivity index (χ4v) is 2.11. The van der Waals surface area contributed by atoms with Crippen molar-refractivity contribution in [2.75, 3.05) is 18.0 Å². The molecule has 14 heavy (non-hydrogen) atoms. The number of piperidine rings is 1. The lowest BCUT2D eigenvalue weighted by Crippen LogP contribution is -2.57. The Labute approximate surface area is 82.9 Å². The van der Waals surface area contributed by atoms with Crippen LogP contribution in [0.4, 0.5) is 5.95 Å². The van der Waals surface area contributed by atoms with Gasteiger partial charge in [0, 0.05) is 31.4 Å². The molecule has 2 unspecified atom stereocenters. The number of aromatic nitrogens is 2. The summed E-state index contributed by atoms with van der Waals surface area (Å²) in [4.78, 5) is 10.9. The molecule has 0 spiro atoms. The normalized spacial score (nSPS) is 29.9. The molecular weight excluding hydrogens is 178 g/mol. The van der Waals surface area contributed by atoms with E-state index in [2.05, 4.69) is 14.9 Å². The summed E-state index contributed by atoms with van der Waals surface area (Å²) in [7, 11) is 0. The van der Waals surface area contributed by atoms with Crippen molar-refractivity contribution in [3.05, 3.63) is 18.0 Å². The molecule has 0 aromatic carbocycles. The number of aryl methyl sites for hydroxylation is 1. The van der Waals surface area contributed by atoms with Crippen molar-refractivity contribution in [1.29, 1.82) is 0 Å². The van der Waals surface area contributed by atoms with Gasteiger partial charge < -0.3 is 9.64 Å². The van der Waals surface area contributed by atoms with Gasteiger partial charge in [-0.15, -0.1) is 0 Å². The number of ether oxygens (including phenoxy) is 1. The van der Waals surface area contributed by atoms with Gasteiger partial charge in [0.1, 0.15) is 0 Å². The van der Waals surface area contributed by atoms with Crippen molar-refractivity contribution < 1.29 is 4.74 Å². The predicted molar refractivity (Wildman–Crippen MR) is 52.3 cm³/mol. The van der Waals surface area contributed by atoms with Crippen LogP contribution in [-0.2, 0) is 4.74 Å². The van der Waals surface area contributed by atoms with Crippen LogP contribution in [0.5, 0.6) is 0 Å². The minimum Gasteiger partial charge on any atom is -0.371 e. The molecule has 2 bridgehead atoms. The van der Waals surface area contributed by atoms with Crippen molar-refractivity contribution >= 4 is 5.95 Å². The van der Waals surface area contributed by atoms with E-state index in [4.69, 9.17) is 4.74 Å². The van der Waals surface area contributed by atoms with Crippen molar-refractivity contribution in [2.45, 2.75) is 25.6 Å². The zero-order valence-electron chi connectivity index (χ0n) is 8.18. The maximum atomic E-state index is 5.56. The van der Waals surface area contributed by atoms with E-state index in [1.807, 2.05) is 19.2 Å². The maximum absolute atomic E-state index is 5.56. The highest BCUT2D eigenvalue weighted by Gasteiger charge is 2.39. The Hall–Kier alpha value is -1.16. The highest BCUT2D eigenvalue weighted by molar-refractivity contribution is 5.32. The number of hydrogen-bond donors (Lipinski definition) is 0. The molecule has 0 N–H and O–H groups in total. The van der Waals surface area contributed by atoms with E-state index in [1.54, 1.807) is 0 Å². The number of hydrogen-bond acceptors (Lipinski definition) is 4. The molecule has 3 aliphatic rings. The molecule has 0 radical (unpaired) electrons. The molecule has 3 fully saturated rings. The monoisotopic (exact) mass is 191 g/mol. The third-order valence-corrected chi connectivity index (χ3v) is 2.82.